The number of carboxylic acid groups (broad SMARTS) is 1. The van der Waals surface area contributed by atoms with Crippen LogP contribution in [0.25, 0.3) is 21.9 Å². The summed E-state index contributed by atoms with van der Waals surface area (Å²) in [7, 11) is -4.04. The molecule has 4 aromatic rings. The van der Waals surface area contributed by atoms with Crippen molar-refractivity contribution < 1.29 is 23.4 Å². The molecule has 34 heavy (non-hydrogen) atoms. The van der Waals surface area contributed by atoms with Crippen LogP contribution in [0.5, 0.6) is 5.88 Å². The molecule has 7 nitrogen and oxygen atoms in total. The van der Waals surface area contributed by atoms with Crippen LogP contribution in [0, 0.1) is 0 Å². The summed E-state index contributed by atoms with van der Waals surface area (Å²) in [6.45, 7) is 0.349. The molecule has 0 amide bonds. The largest absolute Gasteiger partial charge is 0.494 e. The summed E-state index contributed by atoms with van der Waals surface area (Å²) in [5, 5.41) is 22.1. The van der Waals surface area contributed by atoms with Gasteiger partial charge in [-0.2, -0.15) is 4.72 Å². The monoisotopic (exact) mass is 498 g/mol. The lowest BCUT2D eigenvalue weighted by molar-refractivity contribution is -0.139. The van der Waals surface area contributed by atoms with Gasteiger partial charge in [0, 0.05) is 28.5 Å². The van der Waals surface area contributed by atoms with Crippen molar-refractivity contribution in [2.24, 2.45) is 0 Å². The van der Waals surface area contributed by atoms with Crippen LogP contribution in [0.2, 0.25) is 5.02 Å². The summed E-state index contributed by atoms with van der Waals surface area (Å²) < 4.78 is 29.5. The fourth-order valence-corrected chi connectivity index (χ4v) is 5.14. The van der Waals surface area contributed by atoms with Crippen LogP contribution < -0.4 is 4.72 Å². The third-order valence-corrected chi connectivity index (χ3v) is 7.34. The third kappa shape index (κ3) is 5.25. The van der Waals surface area contributed by atoms with Crippen molar-refractivity contribution in [3.8, 4) is 17.0 Å². The number of aromatic nitrogens is 1. The molecule has 1 atom stereocenters. The molecule has 1 heterocycles. The van der Waals surface area contributed by atoms with E-state index in [0.29, 0.717) is 23.4 Å². The first-order valence-electron chi connectivity index (χ1n) is 10.6. The highest BCUT2D eigenvalue weighted by Crippen LogP contribution is 2.27. The van der Waals surface area contributed by atoms with Gasteiger partial charge in [-0.05, 0) is 54.3 Å². The zero-order valence-corrected chi connectivity index (χ0v) is 19.6. The summed E-state index contributed by atoms with van der Waals surface area (Å²) in [5.74, 6) is -1.16. The van der Waals surface area contributed by atoms with Crippen LogP contribution in [0.1, 0.15) is 12.8 Å². The minimum absolute atomic E-state index is 0.0224. The number of fused-ring (bicyclic) bond motifs is 1. The second-order valence-electron chi connectivity index (χ2n) is 7.92. The first-order valence-corrected chi connectivity index (χ1v) is 12.5. The van der Waals surface area contributed by atoms with Gasteiger partial charge < -0.3 is 14.8 Å². The Bertz CT molecular complexity index is 1410. The van der Waals surface area contributed by atoms with Crippen molar-refractivity contribution in [3.63, 3.8) is 0 Å². The van der Waals surface area contributed by atoms with Crippen LogP contribution in [-0.4, -0.2) is 35.2 Å². The number of hydrogen-bond acceptors (Lipinski definition) is 4. The highest BCUT2D eigenvalue weighted by molar-refractivity contribution is 7.89. The standard InChI is InChI=1S/C25H23ClN2O5S/c26-20-11-7-17(8-12-20)18-9-13-21(14-10-18)34(32,33)27-23(25(30)31)6-3-15-28-16-19-4-1-2-5-22(19)24(28)29/h1-2,4-5,7-14,16,23,27,29H,3,6,15H2,(H,30,31)/t23-/m1/s1. The Balaban J connectivity index is 1.42. The minimum atomic E-state index is -4.04. The van der Waals surface area contributed by atoms with Crippen molar-refractivity contribution in [3.05, 3.63) is 84.0 Å². The van der Waals surface area contributed by atoms with Gasteiger partial charge in [0.1, 0.15) is 6.04 Å². The molecule has 176 valence electrons. The fourth-order valence-electron chi connectivity index (χ4n) is 3.79. The molecular formula is C25H23ClN2O5S. The highest BCUT2D eigenvalue weighted by atomic mass is 35.5. The summed E-state index contributed by atoms with van der Waals surface area (Å²) >= 11 is 5.91. The van der Waals surface area contributed by atoms with Crippen molar-refractivity contribution in [1.82, 2.24) is 9.29 Å². The molecule has 0 fully saturated rings. The van der Waals surface area contributed by atoms with E-state index in [-0.39, 0.29) is 17.2 Å². The first kappa shape index (κ1) is 23.8. The molecule has 0 aliphatic carbocycles. The quantitative estimate of drug-likeness (QED) is 0.305. The molecule has 3 N–H and O–H groups in total. The number of aryl methyl sites for hydroxylation is 1. The molecule has 0 unspecified atom stereocenters. The Labute approximate surface area is 202 Å². The van der Waals surface area contributed by atoms with Gasteiger partial charge in [-0.25, -0.2) is 8.42 Å². The average Bonchev–Trinajstić information content (AvgIpc) is 3.14. The number of sulfonamides is 1. The minimum Gasteiger partial charge on any atom is -0.494 e. The zero-order valence-electron chi connectivity index (χ0n) is 18.1. The maximum atomic E-state index is 12.8. The van der Waals surface area contributed by atoms with Crippen LogP contribution >= 0.6 is 11.6 Å². The number of halogens is 1. The molecule has 0 aliphatic heterocycles. The maximum absolute atomic E-state index is 12.8. The lowest BCUT2D eigenvalue weighted by Crippen LogP contribution is -2.40. The predicted octanol–water partition coefficient (Wildman–Crippen LogP) is 4.88. The average molecular weight is 499 g/mol. The smallest absolute Gasteiger partial charge is 0.321 e. The number of aromatic hydroxyl groups is 1. The summed E-state index contributed by atoms with van der Waals surface area (Å²) in [6, 6.07) is 19.4. The van der Waals surface area contributed by atoms with Gasteiger partial charge in [0.2, 0.25) is 10.0 Å². The number of hydrogen-bond donors (Lipinski definition) is 3. The van der Waals surface area contributed by atoms with Crippen molar-refractivity contribution >= 4 is 38.4 Å². The Hall–Kier alpha value is -3.33. The fraction of sp³-hybridized carbons (Fsp3) is 0.160. The van der Waals surface area contributed by atoms with Gasteiger partial charge in [-0.1, -0.05) is 54.1 Å². The predicted molar refractivity (Wildman–Crippen MR) is 131 cm³/mol. The van der Waals surface area contributed by atoms with E-state index < -0.39 is 22.0 Å². The second kappa shape index (κ2) is 9.89. The molecule has 1 aromatic heterocycles. The number of benzene rings is 3. The highest BCUT2D eigenvalue weighted by Gasteiger charge is 2.25. The van der Waals surface area contributed by atoms with Crippen molar-refractivity contribution in [2.45, 2.75) is 30.3 Å². The van der Waals surface area contributed by atoms with Gasteiger partial charge in [-0.3, -0.25) is 4.79 Å². The molecule has 4 rings (SSSR count). The van der Waals surface area contributed by atoms with Crippen LogP contribution in [0.3, 0.4) is 0 Å². The lowest BCUT2D eigenvalue weighted by Gasteiger charge is -2.15. The molecule has 0 saturated carbocycles. The summed E-state index contributed by atoms with van der Waals surface area (Å²) in [6.07, 6.45) is 2.20. The number of rotatable bonds is 9. The van der Waals surface area contributed by atoms with Gasteiger partial charge >= 0.3 is 5.97 Å². The van der Waals surface area contributed by atoms with Gasteiger partial charge in [0.05, 0.1) is 4.90 Å². The van der Waals surface area contributed by atoms with E-state index in [1.165, 1.54) is 12.1 Å². The van der Waals surface area contributed by atoms with Crippen LogP contribution in [0.15, 0.2) is 83.9 Å². The topological polar surface area (TPSA) is 109 Å². The summed E-state index contributed by atoms with van der Waals surface area (Å²) in [4.78, 5) is 11.7. The molecule has 0 spiro atoms. The van der Waals surface area contributed by atoms with Crippen molar-refractivity contribution in [1.29, 1.82) is 0 Å². The van der Waals surface area contributed by atoms with Crippen LogP contribution in [0.4, 0.5) is 0 Å². The van der Waals surface area contributed by atoms with Gasteiger partial charge in [0.25, 0.3) is 0 Å². The van der Waals surface area contributed by atoms with Gasteiger partial charge in [-0.15, -0.1) is 0 Å². The molecule has 0 bridgehead atoms. The van der Waals surface area contributed by atoms with E-state index >= 15 is 0 Å². The number of carbonyl (C=O) groups is 1. The van der Waals surface area contributed by atoms with Crippen LogP contribution in [-0.2, 0) is 21.4 Å². The Kier molecular flexibility index (Phi) is 6.92. The number of carboxylic acids is 1. The number of nitrogens with one attached hydrogen (secondary N) is 1. The van der Waals surface area contributed by atoms with Crippen molar-refractivity contribution in [2.75, 3.05) is 0 Å². The Morgan fingerprint density at radius 1 is 0.971 bits per heavy atom. The van der Waals surface area contributed by atoms with E-state index in [4.69, 9.17) is 11.6 Å². The van der Waals surface area contributed by atoms with E-state index in [1.807, 2.05) is 30.3 Å². The number of nitrogens with zero attached hydrogens (tertiary/aromatic N) is 1. The second-order valence-corrected chi connectivity index (χ2v) is 10.1. The van der Waals surface area contributed by atoms with E-state index in [2.05, 4.69) is 4.72 Å². The first-order chi connectivity index (χ1) is 16.2. The van der Waals surface area contributed by atoms with E-state index in [9.17, 15) is 23.4 Å². The van der Waals surface area contributed by atoms with E-state index in [1.54, 1.807) is 41.1 Å². The zero-order chi connectivity index (χ0) is 24.3. The summed E-state index contributed by atoms with van der Waals surface area (Å²) in [5.41, 5.74) is 1.69. The Morgan fingerprint density at radius 3 is 2.21 bits per heavy atom. The molecule has 0 radical (unpaired) electrons. The molecule has 9 heteroatoms. The molecule has 3 aromatic carbocycles. The maximum Gasteiger partial charge on any atom is 0.321 e. The SMILES string of the molecule is O=C(O)[C@@H](CCCn1cc2ccccc2c1O)NS(=O)(=O)c1ccc(-c2ccc(Cl)cc2)cc1. The third-order valence-electron chi connectivity index (χ3n) is 5.60. The van der Waals surface area contributed by atoms with E-state index in [0.717, 1.165) is 16.5 Å². The molecule has 0 saturated heterocycles. The molecule has 0 aliphatic rings. The van der Waals surface area contributed by atoms with Gasteiger partial charge in [0.15, 0.2) is 5.88 Å². The molecular weight excluding hydrogens is 476 g/mol. The Morgan fingerprint density at radius 2 is 1.59 bits per heavy atom. The normalized spacial score (nSPS) is 12.6. The number of aliphatic carboxylic acids is 1. The lowest BCUT2D eigenvalue weighted by atomic mass is 10.1.